The molecule has 0 bridgehead atoms. The molecule has 0 radical (unpaired) electrons. The average Bonchev–Trinajstić information content (AvgIpc) is 2.46. The lowest BCUT2D eigenvalue weighted by molar-refractivity contribution is -0.135. The van der Waals surface area contributed by atoms with Crippen molar-refractivity contribution in [3.63, 3.8) is 0 Å². The highest BCUT2D eigenvalue weighted by Gasteiger charge is 2.46. The van der Waals surface area contributed by atoms with Crippen LogP contribution < -0.4 is 10.6 Å². The molecule has 0 unspecified atom stereocenters. The molecule has 4 nitrogen and oxygen atoms in total. The van der Waals surface area contributed by atoms with E-state index in [4.69, 9.17) is 0 Å². The summed E-state index contributed by atoms with van der Waals surface area (Å²) in [5.74, 6) is 0.884. The van der Waals surface area contributed by atoms with E-state index in [1.54, 1.807) is 23.5 Å². The van der Waals surface area contributed by atoms with E-state index in [1.165, 1.54) is 0 Å². The van der Waals surface area contributed by atoms with Crippen molar-refractivity contribution < 1.29 is 9.59 Å². The number of thioether (sulfide) groups is 2. The second-order valence-corrected chi connectivity index (χ2v) is 5.10. The molecule has 0 aromatic heterocycles. The van der Waals surface area contributed by atoms with Gasteiger partial charge in [0.05, 0.1) is 0 Å². The van der Waals surface area contributed by atoms with Crippen molar-refractivity contribution in [1.82, 2.24) is 10.6 Å². The monoisotopic (exact) mass is 190 g/mol. The van der Waals surface area contributed by atoms with Crippen molar-refractivity contribution in [2.24, 2.45) is 0 Å². The summed E-state index contributed by atoms with van der Waals surface area (Å²) in [6.45, 7) is 0. The molecule has 11 heavy (non-hydrogen) atoms. The van der Waals surface area contributed by atoms with Gasteiger partial charge in [-0.05, 0) is 0 Å². The number of carbonyl (C=O) groups is 2. The van der Waals surface area contributed by atoms with Crippen molar-refractivity contribution in [3.8, 4) is 0 Å². The van der Waals surface area contributed by atoms with E-state index in [2.05, 4.69) is 10.6 Å². The summed E-state index contributed by atoms with van der Waals surface area (Å²) in [5.41, 5.74) is 0. The fourth-order valence-corrected chi connectivity index (χ4v) is 3.73. The van der Waals surface area contributed by atoms with Crippen LogP contribution in [-0.4, -0.2) is 27.6 Å². The van der Waals surface area contributed by atoms with Gasteiger partial charge in [-0.25, -0.2) is 0 Å². The van der Waals surface area contributed by atoms with Crippen LogP contribution in [-0.2, 0) is 9.59 Å². The number of hydrogen-bond acceptors (Lipinski definition) is 4. The molecular weight excluding hydrogens is 184 g/mol. The number of hydrogen-bond donors (Lipinski definition) is 2. The molecule has 0 saturated carbocycles. The van der Waals surface area contributed by atoms with Crippen LogP contribution in [0.2, 0.25) is 0 Å². The zero-order valence-electron chi connectivity index (χ0n) is 5.55. The van der Waals surface area contributed by atoms with Crippen LogP contribution in [0.25, 0.3) is 0 Å². The highest BCUT2D eigenvalue weighted by atomic mass is 32.2. The Morgan fingerprint density at radius 1 is 1.09 bits per heavy atom. The zero-order valence-corrected chi connectivity index (χ0v) is 7.18. The molecule has 2 heterocycles. The number of amides is 2. The molecule has 0 atom stereocenters. The van der Waals surface area contributed by atoms with Crippen LogP contribution in [0.1, 0.15) is 0 Å². The predicted octanol–water partition coefficient (Wildman–Crippen LogP) is -0.676. The first-order chi connectivity index (χ1) is 5.22. The van der Waals surface area contributed by atoms with Crippen molar-refractivity contribution in [2.45, 2.75) is 4.33 Å². The van der Waals surface area contributed by atoms with E-state index in [0.717, 1.165) is 11.5 Å². The molecule has 2 fully saturated rings. The molecule has 2 amide bonds. The van der Waals surface area contributed by atoms with Gasteiger partial charge in [-0.1, -0.05) is 23.5 Å². The van der Waals surface area contributed by atoms with Crippen LogP contribution in [0.5, 0.6) is 0 Å². The Morgan fingerprint density at radius 3 is 2.00 bits per heavy atom. The van der Waals surface area contributed by atoms with Gasteiger partial charge in [0.2, 0.25) is 4.33 Å². The van der Waals surface area contributed by atoms with Gasteiger partial charge in [0, 0.05) is 11.5 Å². The third-order valence-corrected chi connectivity index (χ3v) is 4.46. The van der Waals surface area contributed by atoms with Gasteiger partial charge in [0.1, 0.15) is 0 Å². The summed E-state index contributed by atoms with van der Waals surface area (Å²) in [6, 6.07) is 0. The lowest BCUT2D eigenvalue weighted by Crippen LogP contribution is -2.41. The topological polar surface area (TPSA) is 58.2 Å². The molecule has 2 aliphatic rings. The van der Waals surface area contributed by atoms with E-state index >= 15 is 0 Å². The Morgan fingerprint density at radius 2 is 1.55 bits per heavy atom. The van der Waals surface area contributed by atoms with Gasteiger partial charge in [0.25, 0.3) is 0 Å². The molecule has 1 spiro atoms. The smallest absolute Gasteiger partial charge is 0.308 e. The van der Waals surface area contributed by atoms with Crippen LogP contribution in [0, 0.1) is 0 Å². The second kappa shape index (κ2) is 2.31. The number of carbonyl (C=O) groups excluding carboxylic acids is 2. The van der Waals surface area contributed by atoms with E-state index in [1.807, 2.05) is 0 Å². The molecule has 2 aliphatic heterocycles. The Kier molecular flexibility index (Phi) is 1.53. The molecule has 0 aromatic carbocycles. The third kappa shape index (κ3) is 1.10. The van der Waals surface area contributed by atoms with E-state index in [-0.39, 0.29) is 0 Å². The number of nitrogens with one attached hydrogen (secondary N) is 2. The van der Waals surface area contributed by atoms with Crippen molar-refractivity contribution in [3.05, 3.63) is 0 Å². The highest BCUT2D eigenvalue weighted by Crippen LogP contribution is 2.40. The summed E-state index contributed by atoms with van der Waals surface area (Å²) >= 11 is 3.12. The molecule has 60 valence electrons. The largest absolute Gasteiger partial charge is 0.312 e. The Bertz CT molecular complexity index is 207. The molecule has 2 N–H and O–H groups in total. The maximum atomic E-state index is 10.8. The van der Waals surface area contributed by atoms with Gasteiger partial charge in [-0.2, -0.15) is 0 Å². The fraction of sp³-hybridized carbons (Fsp3) is 0.600. The summed E-state index contributed by atoms with van der Waals surface area (Å²) in [7, 11) is 0. The van der Waals surface area contributed by atoms with Crippen molar-refractivity contribution in [2.75, 3.05) is 11.5 Å². The molecule has 2 rings (SSSR count). The lowest BCUT2D eigenvalue weighted by Gasteiger charge is -2.19. The van der Waals surface area contributed by atoms with E-state index in [0.29, 0.717) is 0 Å². The van der Waals surface area contributed by atoms with Crippen LogP contribution in [0.4, 0.5) is 0 Å². The van der Waals surface area contributed by atoms with Gasteiger partial charge in [-0.15, -0.1) is 0 Å². The maximum absolute atomic E-state index is 10.8. The molecule has 0 aromatic rings. The van der Waals surface area contributed by atoms with Gasteiger partial charge < -0.3 is 10.6 Å². The molecular formula is C5H6N2O2S2. The Balaban J connectivity index is 2.18. The first-order valence-corrected chi connectivity index (χ1v) is 5.12. The van der Waals surface area contributed by atoms with Gasteiger partial charge in [-0.3, -0.25) is 9.59 Å². The fourth-order valence-electron chi connectivity index (χ4n) is 1.00. The predicted molar refractivity (Wildman–Crippen MR) is 43.9 cm³/mol. The average molecular weight is 190 g/mol. The Labute approximate surface area is 71.9 Å². The van der Waals surface area contributed by atoms with Crippen LogP contribution in [0.15, 0.2) is 0 Å². The minimum Gasteiger partial charge on any atom is -0.308 e. The molecule has 6 heteroatoms. The number of rotatable bonds is 0. The minimum atomic E-state index is -0.534. The SMILES string of the molecule is O=C1NC2(NC1=O)SCCS2. The highest BCUT2D eigenvalue weighted by molar-refractivity contribution is 8.21. The quantitative estimate of drug-likeness (QED) is 0.497. The van der Waals surface area contributed by atoms with E-state index < -0.39 is 16.1 Å². The zero-order chi connectivity index (χ0) is 7.90. The van der Waals surface area contributed by atoms with Gasteiger partial charge in [0.15, 0.2) is 0 Å². The summed E-state index contributed by atoms with van der Waals surface area (Å²) < 4.78 is -0.534. The summed E-state index contributed by atoms with van der Waals surface area (Å²) in [6.07, 6.45) is 0. The Hall–Kier alpha value is -0.360. The van der Waals surface area contributed by atoms with E-state index in [9.17, 15) is 9.59 Å². The lowest BCUT2D eigenvalue weighted by atomic mass is 10.6. The standard InChI is InChI=1S/C5H6N2O2S2/c8-3-4(9)7-5(6-3)10-1-2-11-5/h1-2H2,(H,6,8)(H,7,9). The first kappa shape index (κ1) is 7.30. The third-order valence-electron chi connectivity index (χ3n) is 1.46. The normalized spacial score (nSPS) is 27.3. The van der Waals surface area contributed by atoms with Crippen molar-refractivity contribution >= 4 is 35.3 Å². The molecule has 2 saturated heterocycles. The first-order valence-electron chi connectivity index (χ1n) is 3.14. The van der Waals surface area contributed by atoms with Crippen LogP contribution in [0.3, 0.4) is 0 Å². The maximum Gasteiger partial charge on any atom is 0.312 e. The summed E-state index contributed by atoms with van der Waals surface area (Å²) in [5, 5.41) is 5.21. The summed E-state index contributed by atoms with van der Waals surface area (Å²) in [4.78, 5) is 21.6. The second-order valence-electron chi connectivity index (χ2n) is 2.22. The molecule has 0 aliphatic carbocycles. The van der Waals surface area contributed by atoms with Gasteiger partial charge >= 0.3 is 11.8 Å². The minimum absolute atomic E-state index is 0.521. The van der Waals surface area contributed by atoms with Crippen LogP contribution >= 0.6 is 23.5 Å². The van der Waals surface area contributed by atoms with Crippen molar-refractivity contribution in [1.29, 1.82) is 0 Å².